The molecule has 0 spiro atoms. The normalized spacial score (nSPS) is 16.1. The molecule has 1 fully saturated rings. The first-order valence-electron chi connectivity index (χ1n) is 20.0. The lowest BCUT2D eigenvalue weighted by Gasteiger charge is -2.27. The zero-order valence-corrected chi connectivity index (χ0v) is 36.7. The van der Waals surface area contributed by atoms with Crippen molar-refractivity contribution >= 4 is 63.2 Å². The second-order valence-corrected chi connectivity index (χ2v) is 18.9. The summed E-state index contributed by atoms with van der Waals surface area (Å²) in [6.07, 6.45) is 1.34. The lowest BCUT2D eigenvalue weighted by Crippen LogP contribution is -2.59. The number of hydrogen-bond donors (Lipinski definition) is 7. The Morgan fingerprint density at radius 2 is 1.50 bits per heavy atom. The molecule has 336 valence electrons. The summed E-state index contributed by atoms with van der Waals surface area (Å²) in [5.41, 5.74) is 5.11. The molecule has 1 heterocycles. The molecule has 19 nitrogen and oxygen atoms in total. The van der Waals surface area contributed by atoms with Crippen molar-refractivity contribution in [3.63, 3.8) is 0 Å². The van der Waals surface area contributed by atoms with Crippen molar-refractivity contribution in [1.82, 2.24) is 26.2 Å². The highest BCUT2D eigenvalue weighted by Crippen LogP contribution is 2.35. The Bertz CT molecular complexity index is 1820. The van der Waals surface area contributed by atoms with E-state index in [1.165, 1.54) is 4.90 Å². The second-order valence-electron chi connectivity index (χ2n) is 17.4. The molecule has 1 aliphatic rings. The summed E-state index contributed by atoms with van der Waals surface area (Å²) in [5, 5.41) is 12.4. The summed E-state index contributed by atoms with van der Waals surface area (Å²) in [4.78, 5) is 103. The minimum Gasteiger partial charge on any atom is -0.460 e. The average molecular weight is 866 g/mol. The molecule has 1 saturated heterocycles. The molecule has 4 atom stereocenters. The van der Waals surface area contributed by atoms with Crippen LogP contribution in [0.2, 0.25) is 0 Å². The van der Waals surface area contributed by atoms with Crippen molar-refractivity contribution in [3.8, 4) is 0 Å². The van der Waals surface area contributed by atoms with Crippen molar-refractivity contribution in [1.29, 1.82) is 0 Å². The summed E-state index contributed by atoms with van der Waals surface area (Å²) in [6, 6.07) is 1.31. The zero-order valence-electron chi connectivity index (χ0n) is 35.8. The van der Waals surface area contributed by atoms with E-state index in [0.717, 1.165) is 0 Å². The van der Waals surface area contributed by atoms with Gasteiger partial charge >= 0.3 is 12.0 Å². The second kappa shape index (κ2) is 22.5. The zero-order chi connectivity index (χ0) is 45.6. The van der Waals surface area contributed by atoms with Crippen molar-refractivity contribution in [2.75, 3.05) is 24.2 Å². The third kappa shape index (κ3) is 17.6. The number of ether oxygens (including phenoxy) is 1. The standard InChI is InChI=1S/C40H63N7O12S/c1-24(2)32(35(52)45-28(13-12-19-42-38(41)55)33(50)43-26-17-15-25(16-18-26)22-59-37(54)40(6,7)8)46-34(51)29(23-60(56,57)58)44-30(48)14-10-9-11-20-47-31(49)21-27(36(47)53)39(3,4)5/h15-18,24,27-29,32H,9-14,19-23H2,1-8H3,(H,43,50)(H,44,48)(H,45,52)(H,46,51)(H3,41,42,55)(H,56,57,58)/t27?,28-,29-,32?/m0/s1. The topological polar surface area (TPSA) is 290 Å². The predicted molar refractivity (Wildman–Crippen MR) is 221 cm³/mol. The van der Waals surface area contributed by atoms with Crippen LogP contribution in [0.3, 0.4) is 0 Å². The van der Waals surface area contributed by atoms with Gasteiger partial charge in [-0.3, -0.25) is 43.0 Å². The van der Waals surface area contributed by atoms with Gasteiger partial charge in [-0.1, -0.05) is 53.2 Å². The summed E-state index contributed by atoms with van der Waals surface area (Å²) < 4.78 is 38.7. The van der Waals surface area contributed by atoms with Gasteiger partial charge in [-0.25, -0.2) is 4.79 Å². The maximum atomic E-state index is 13.7. The van der Waals surface area contributed by atoms with Gasteiger partial charge in [0.05, 0.1) is 11.3 Å². The van der Waals surface area contributed by atoms with Gasteiger partial charge in [0, 0.05) is 31.6 Å². The number of nitrogens with zero attached hydrogens (tertiary/aromatic N) is 1. The van der Waals surface area contributed by atoms with E-state index in [4.69, 9.17) is 10.5 Å². The molecule has 1 aromatic rings. The lowest BCUT2D eigenvalue weighted by molar-refractivity contribution is -0.154. The number of amides is 8. The van der Waals surface area contributed by atoms with Gasteiger partial charge in [0.1, 0.15) is 30.5 Å². The minimum atomic E-state index is -4.81. The smallest absolute Gasteiger partial charge is 0.312 e. The average Bonchev–Trinajstić information content (AvgIpc) is 3.42. The highest BCUT2D eigenvalue weighted by Gasteiger charge is 2.44. The first kappa shape index (κ1) is 51.0. The van der Waals surface area contributed by atoms with Crippen molar-refractivity contribution in [3.05, 3.63) is 29.8 Å². The fourth-order valence-corrected chi connectivity index (χ4v) is 6.76. The first-order chi connectivity index (χ1) is 27.7. The molecule has 20 heteroatoms. The first-order valence-corrected chi connectivity index (χ1v) is 21.6. The Balaban J connectivity index is 2.08. The van der Waals surface area contributed by atoms with Gasteiger partial charge in [0.25, 0.3) is 10.1 Å². The van der Waals surface area contributed by atoms with Crippen LogP contribution in [0.15, 0.2) is 24.3 Å². The molecule has 8 N–H and O–H groups in total. The number of hydrogen-bond acceptors (Lipinski definition) is 11. The Labute approximate surface area is 352 Å². The molecule has 0 saturated carbocycles. The van der Waals surface area contributed by atoms with E-state index in [-0.39, 0.29) is 75.0 Å². The Hall–Kier alpha value is -5.11. The highest BCUT2D eigenvalue weighted by molar-refractivity contribution is 7.85. The Morgan fingerprint density at radius 3 is 2.03 bits per heavy atom. The summed E-state index contributed by atoms with van der Waals surface area (Å²) in [6.45, 7) is 14.3. The van der Waals surface area contributed by atoms with Gasteiger partial charge in [-0.15, -0.1) is 0 Å². The van der Waals surface area contributed by atoms with Crippen molar-refractivity contribution in [2.24, 2.45) is 28.4 Å². The molecule has 1 aliphatic heterocycles. The van der Waals surface area contributed by atoms with Gasteiger partial charge in [0.15, 0.2) is 0 Å². The molecule has 0 bridgehead atoms. The maximum absolute atomic E-state index is 13.7. The van der Waals surface area contributed by atoms with Crippen LogP contribution in [0.5, 0.6) is 0 Å². The molecular weight excluding hydrogens is 803 g/mol. The molecule has 0 radical (unpaired) electrons. The Morgan fingerprint density at radius 1 is 0.867 bits per heavy atom. The third-order valence-corrected chi connectivity index (χ3v) is 10.4. The van der Waals surface area contributed by atoms with Crippen LogP contribution < -0.4 is 32.3 Å². The molecule has 0 aliphatic carbocycles. The number of primary amides is 1. The molecule has 1 aromatic carbocycles. The maximum Gasteiger partial charge on any atom is 0.312 e. The fraction of sp³-hybridized carbons (Fsp3) is 0.650. The SMILES string of the molecule is CC(C)C(NC(=O)[C@H](CS(=O)(=O)O)NC(=O)CCCCCN1C(=O)CC(C(C)(C)C)C1=O)C(=O)N[C@@H](CCCNC(N)=O)C(=O)Nc1ccc(COC(=O)C(C)(C)C)cc1. The Kier molecular flexibility index (Phi) is 19.1. The number of urea groups is 1. The van der Waals surface area contributed by atoms with E-state index < -0.39 is 80.9 Å². The van der Waals surface area contributed by atoms with E-state index in [1.807, 2.05) is 20.8 Å². The molecule has 60 heavy (non-hydrogen) atoms. The van der Waals surface area contributed by atoms with Gasteiger partial charge in [0.2, 0.25) is 35.4 Å². The van der Waals surface area contributed by atoms with Gasteiger partial charge in [-0.2, -0.15) is 8.42 Å². The number of nitrogens with one attached hydrogen (secondary N) is 5. The molecule has 2 rings (SSSR count). The number of carbonyl (C=O) groups excluding carboxylic acids is 8. The number of nitrogens with two attached hydrogens (primary N) is 1. The molecular formula is C40H63N7O12S. The third-order valence-electron chi connectivity index (χ3n) is 9.66. The number of anilines is 1. The van der Waals surface area contributed by atoms with E-state index in [2.05, 4.69) is 26.6 Å². The predicted octanol–water partition coefficient (Wildman–Crippen LogP) is 2.14. The number of benzene rings is 1. The number of esters is 1. The minimum absolute atomic E-state index is 0.0124. The molecule has 2 unspecified atom stereocenters. The molecule has 0 aromatic heterocycles. The van der Waals surface area contributed by atoms with Crippen LogP contribution in [-0.2, 0) is 55.0 Å². The van der Waals surface area contributed by atoms with E-state index in [0.29, 0.717) is 24.1 Å². The summed E-state index contributed by atoms with van der Waals surface area (Å²) in [5.74, 6) is -6.35. The number of imide groups is 1. The number of rotatable bonds is 22. The van der Waals surface area contributed by atoms with Gasteiger partial charge in [-0.05, 0) is 75.5 Å². The van der Waals surface area contributed by atoms with Crippen LogP contribution in [0, 0.1) is 22.7 Å². The quantitative estimate of drug-likeness (QED) is 0.0382. The largest absolute Gasteiger partial charge is 0.460 e. The fourth-order valence-electron chi connectivity index (χ4n) is 6.10. The van der Waals surface area contributed by atoms with Crippen LogP contribution in [0.25, 0.3) is 0 Å². The number of likely N-dealkylation sites (tertiary alicyclic amines) is 1. The van der Waals surface area contributed by atoms with Crippen molar-refractivity contribution < 1.29 is 56.1 Å². The summed E-state index contributed by atoms with van der Waals surface area (Å²) >= 11 is 0. The molecule has 8 amide bonds. The highest BCUT2D eigenvalue weighted by atomic mass is 32.2. The van der Waals surface area contributed by atoms with Gasteiger partial charge < -0.3 is 37.1 Å². The number of unbranched alkanes of at least 4 members (excludes halogenated alkanes) is 2. The number of carbonyl (C=O) groups is 8. The van der Waals surface area contributed by atoms with Crippen LogP contribution in [0.1, 0.15) is 106 Å². The monoisotopic (exact) mass is 865 g/mol. The van der Waals surface area contributed by atoms with E-state index in [1.54, 1.807) is 58.9 Å². The van der Waals surface area contributed by atoms with E-state index in [9.17, 15) is 51.3 Å². The van der Waals surface area contributed by atoms with E-state index >= 15 is 0 Å². The summed E-state index contributed by atoms with van der Waals surface area (Å²) in [7, 11) is -4.81. The van der Waals surface area contributed by atoms with Crippen molar-refractivity contribution in [2.45, 2.75) is 125 Å². The van der Waals surface area contributed by atoms with Crippen LogP contribution in [0.4, 0.5) is 10.5 Å². The van der Waals surface area contributed by atoms with Crippen LogP contribution >= 0.6 is 0 Å². The lowest BCUT2D eigenvalue weighted by atomic mass is 9.80. The van der Waals surface area contributed by atoms with Crippen LogP contribution in [-0.4, -0.2) is 102 Å².